The van der Waals surface area contributed by atoms with Crippen LogP contribution in [0.25, 0.3) is 0 Å². The smallest absolute Gasteiger partial charge is 0.192 e. The second-order valence-electron chi connectivity index (χ2n) is 11.4. The number of hydrogen-bond donors (Lipinski definition) is 0. The molecule has 0 radical (unpaired) electrons. The fraction of sp³-hybridized carbons (Fsp3) is 0.630. The van der Waals surface area contributed by atoms with Crippen molar-refractivity contribution < 1.29 is 17.6 Å². The number of ether oxygens (including phenoxy) is 1. The minimum Gasteiger partial charge on any atom is -0.413 e. The first-order valence-corrected chi connectivity index (χ1v) is 16.8. The molecule has 1 aliphatic heterocycles. The molecule has 4 nitrogen and oxygen atoms in total. The number of sulfone groups is 1. The van der Waals surface area contributed by atoms with Gasteiger partial charge < -0.3 is 9.16 Å². The average Bonchev–Trinajstić information content (AvgIpc) is 3.15. The van der Waals surface area contributed by atoms with Crippen LogP contribution >= 0.6 is 0 Å². The Morgan fingerprint density at radius 3 is 2.39 bits per heavy atom. The van der Waals surface area contributed by atoms with Crippen LogP contribution in [0.5, 0.6) is 0 Å². The largest absolute Gasteiger partial charge is 0.413 e. The molecular weight excluding hydrogens is 448 g/mol. The minimum absolute atomic E-state index is 0.0264. The van der Waals surface area contributed by atoms with Crippen LogP contribution in [-0.4, -0.2) is 41.3 Å². The summed E-state index contributed by atoms with van der Waals surface area (Å²) in [5.41, 5.74) is 2.30. The molecule has 1 heterocycles. The Morgan fingerprint density at radius 1 is 1.18 bits per heavy atom. The topological polar surface area (TPSA) is 52.6 Å². The zero-order valence-corrected chi connectivity index (χ0v) is 23.1. The predicted octanol–water partition coefficient (Wildman–Crippen LogP) is 6.56. The molecule has 3 rings (SSSR count). The molecule has 0 unspecified atom stereocenters. The van der Waals surface area contributed by atoms with Crippen LogP contribution in [0.1, 0.15) is 53.4 Å². The lowest BCUT2D eigenvalue weighted by molar-refractivity contribution is -0.0354. The van der Waals surface area contributed by atoms with Gasteiger partial charge in [-0.3, -0.25) is 0 Å². The minimum atomic E-state index is -3.31. The highest BCUT2D eigenvalue weighted by molar-refractivity contribution is 7.91. The highest BCUT2D eigenvalue weighted by Crippen LogP contribution is 2.46. The van der Waals surface area contributed by atoms with Crippen molar-refractivity contribution in [2.24, 2.45) is 11.8 Å². The predicted molar refractivity (Wildman–Crippen MR) is 139 cm³/mol. The zero-order chi connectivity index (χ0) is 24.4. The van der Waals surface area contributed by atoms with Crippen LogP contribution in [0.2, 0.25) is 18.1 Å². The fourth-order valence-corrected chi connectivity index (χ4v) is 7.35. The van der Waals surface area contributed by atoms with E-state index >= 15 is 0 Å². The van der Waals surface area contributed by atoms with E-state index in [4.69, 9.17) is 9.16 Å². The lowest BCUT2D eigenvalue weighted by atomic mass is 9.88. The van der Waals surface area contributed by atoms with Gasteiger partial charge in [0.15, 0.2) is 18.2 Å². The average molecular weight is 491 g/mol. The molecule has 184 valence electrons. The third-order valence-electron chi connectivity index (χ3n) is 7.90. The van der Waals surface area contributed by atoms with Crippen molar-refractivity contribution in [3.05, 3.63) is 54.1 Å². The van der Waals surface area contributed by atoms with E-state index in [1.807, 2.05) is 12.1 Å². The van der Waals surface area contributed by atoms with Crippen molar-refractivity contribution in [1.82, 2.24) is 0 Å². The second-order valence-corrected chi connectivity index (χ2v) is 18.2. The summed E-state index contributed by atoms with van der Waals surface area (Å²) in [6.45, 7) is 18.4. The Kier molecular flexibility index (Phi) is 8.15. The van der Waals surface area contributed by atoms with Crippen molar-refractivity contribution in [3.8, 4) is 0 Å². The van der Waals surface area contributed by atoms with Gasteiger partial charge in [-0.2, -0.15) is 0 Å². The van der Waals surface area contributed by atoms with E-state index in [0.717, 1.165) is 31.3 Å². The maximum absolute atomic E-state index is 12.6. The van der Waals surface area contributed by atoms with Gasteiger partial charge in [-0.15, -0.1) is 0 Å². The molecule has 2 aliphatic rings. The molecule has 0 aromatic heterocycles. The van der Waals surface area contributed by atoms with Gasteiger partial charge in [0.05, 0.1) is 29.5 Å². The van der Waals surface area contributed by atoms with Crippen LogP contribution in [-0.2, 0) is 19.0 Å². The Balaban J connectivity index is 1.66. The monoisotopic (exact) mass is 490 g/mol. The first kappa shape index (κ1) is 26.4. The van der Waals surface area contributed by atoms with Gasteiger partial charge in [-0.25, -0.2) is 8.42 Å². The van der Waals surface area contributed by atoms with Gasteiger partial charge in [0, 0.05) is 11.8 Å². The first-order valence-electron chi connectivity index (χ1n) is 12.2. The van der Waals surface area contributed by atoms with Crippen molar-refractivity contribution in [2.75, 3.05) is 12.4 Å². The van der Waals surface area contributed by atoms with E-state index in [1.54, 1.807) is 24.3 Å². The molecule has 1 saturated heterocycles. The summed E-state index contributed by atoms with van der Waals surface area (Å²) in [5.74, 6) is 0.787. The summed E-state index contributed by atoms with van der Waals surface area (Å²) in [4.78, 5) is 0.374. The standard InChI is InChI=1S/C27H42O4SSi/c1-20(2)23-14-15-24(26(23)31-33(6,7)27(3,4)5)25-16-13-21(19-30-25)17-18-32(28,29)22-11-9-8-10-12-22/h8-12,17,23-26H,1,13-16,18-19H2,2-7H3/b21-17-/t23-,24-,25-,26+/m1/s1. The van der Waals surface area contributed by atoms with E-state index in [0.29, 0.717) is 23.3 Å². The third-order valence-corrected chi connectivity index (χ3v) is 14.0. The molecule has 4 atom stereocenters. The van der Waals surface area contributed by atoms with Crippen LogP contribution in [0.3, 0.4) is 0 Å². The van der Waals surface area contributed by atoms with E-state index in [2.05, 4.69) is 47.4 Å². The van der Waals surface area contributed by atoms with Crippen molar-refractivity contribution >= 4 is 18.2 Å². The molecule has 0 spiro atoms. The Morgan fingerprint density at radius 2 is 1.85 bits per heavy atom. The quantitative estimate of drug-likeness (QED) is 0.321. The lowest BCUT2D eigenvalue weighted by Gasteiger charge is -2.43. The van der Waals surface area contributed by atoms with Crippen LogP contribution in [0, 0.1) is 11.8 Å². The summed E-state index contributed by atoms with van der Waals surface area (Å²) >= 11 is 0. The van der Waals surface area contributed by atoms with E-state index < -0.39 is 18.2 Å². The maximum atomic E-state index is 12.6. The van der Waals surface area contributed by atoms with E-state index in [1.165, 1.54) is 5.57 Å². The highest BCUT2D eigenvalue weighted by atomic mass is 32.2. The van der Waals surface area contributed by atoms with Crippen LogP contribution < -0.4 is 0 Å². The van der Waals surface area contributed by atoms with Crippen molar-refractivity contribution in [2.45, 2.75) is 88.6 Å². The van der Waals surface area contributed by atoms with E-state index in [-0.39, 0.29) is 23.0 Å². The second kappa shape index (κ2) is 10.2. The number of rotatable bonds is 7. The normalized spacial score (nSPS) is 28.2. The summed E-state index contributed by atoms with van der Waals surface area (Å²) < 4.78 is 38.5. The van der Waals surface area contributed by atoms with Gasteiger partial charge in [-0.1, -0.05) is 57.2 Å². The number of benzene rings is 1. The Labute approximate surface area is 202 Å². The molecule has 1 aromatic carbocycles. The molecule has 2 fully saturated rings. The molecule has 0 N–H and O–H groups in total. The molecule has 6 heteroatoms. The third kappa shape index (κ3) is 6.27. The lowest BCUT2D eigenvalue weighted by Crippen LogP contribution is -2.48. The number of hydrogen-bond acceptors (Lipinski definition) is 4. The molecule has 0 bridgehead atoms. The molecular formula is C27H42O4SSi. The maximum Gasteiger partial charge on any atom is 0.192 e. The van der Waals surface area contributed by atoms with Gasteiger partial charge in [0.1, 0.15) is 0 Å². The summed E-state index contributed by atoms with van der Waals surface area (Å²) in [6, 6.07) is 8.66. The molecule has 1 aromatic rings. The van der Waals surface area contributed by atoms with Gasteiger partial charge in [-0.05, 0) is 68.4 Å². The molecule has 33 heavy (non-hydrogen) atoms. The summed E-state index contributed by atoms with van der Waals surface area (Å²) in [5, 5.41) is 0.160. The zero-order valence-electron chi connectivity index (χ0n) is 21.3. The van der Waals surface area contributed by atoms with E-state index in [9.17, 15) is 8.42 Å². The van der Waals surface area contributed by atoms with Crippen molar-refractivity contribution in [3.63, 3.8) is 0 Å². The summed E-state index contributed by atoms with van der Waals surface area (Å²) in [7, 11) is -5.22. The van der Waals surface area contributed by atoms with Crippen LogP contribution in [0.15, 0.2) is 59.0 Å². The highest BCUT2D eigenvalue weighted by Gasteiger charge is 2.48. The Hall–Kier alpha value is -1.21. The summed E-state index contributed by atoms with van der Waals surface area (Å²) in [6.07, 6.45) is 6.19. The van der Waals surface area contributed by atoms with Gasteiger partial charge in [0.25, 0.3) is 0 Å². The van der Waals surface area contributed by atoms with Gasteiger partial charge >= 0.3 is 0 Å². The van der Waals surface area contributed by atoms with Crippen LogP contribution in [0.4, 0.5) is 0 Å². The molecule has 1 saturated carbocycles. The molecule has 1 aliphatic carbocycles. The molecule has 0 amide bonds. The fourth-order valence-electron chi connectivity index (χ4n) is 4.76. The van der Waals surface area contributed by atoms with Gasteiger partial charge in [0.2, 0.25) is 0 Å². The first-order chi connectivity index (χ1) is 15.3. The van der Waals surface area contributed by atoms with Crippen molar-refractivity contribution in [1.29, 1.82) is 0 Å². The Bertz CT molecular complexity index is 950. The SMILES string of the molecule is C=C(C)[C@H]1CC[C@H]([C@H]2CC/C(=C/CS(=O)(=O)c3ccccc3)CO2)[C@H]1O[Si](C)(C)C(C)(C)C.